The second kappa shape index (κ2) is 4.55. The minimum absolute atomic E-state index is 0.650. The van der Waals surface area contributed by atoms with Gasteiger partial charge in [-0.25, -0.2) is 0 Å². The molecule has 1 heterocycles. The summed E-state index contributed by atoms with van der Waals surface area (Å²) in [6.45, 7) is 7.52. The monoisotopic (exact) mass is 236 g/mol. The predicted molar refractivity (Wildman–Crippen MR) is 72.2 cm³/mol. The van der Waals surface area contributed by atoms with Crippen molar-refractivity contribution >= 4 is 0 Å². The van der Waals surface area contributed by atoms with Gasteiger partial charge in [-0.05, 0) is 57.4 Å². The Morgan fingerprint density at radius 1 is 1.24 bits per heavy atom. The lowest BCUT2D eigenvalue weighted by Crippen LogP contribution is -2.49. The van der Waals surface area contributed by atoms with Gasteiger partial charge in [0.1, 0.15) is 0 Å². The molecule has 3 rings (SSSR count). The summed E-state index contributed by atoms with van der Waals surface area (Å²) >= 11 is 0. The summed E-state index contributed by atoms with van der Waals surface area (Å²) in [5.41, 5.74) is 0.650. The molecular formula is C15H28N2. The van der Waals surface area contributed by atoms with Gasteiger partial charge in [-0.15, -0.1) is 0 Å². The van der Waals surface area contributed by atoms with Crippen LogP contribution in [-0.4, -0.2) is 36.1 Å². The summed E-state index contributed by atoms with van der Waals surface area (Å²) < 4.78 is 0. The Kier molecular flexibility index (Phi) is 3.20. The molecule has 2 atom stereocenters. The standard InChI is InChI=1S/C15H28N2/c1-12(15(2)8-9-15)17(14-6-7-14)11-13-5-3-4-10-16-13/h12-14,16H,3-11H2,1-2H3. The average molecular weight is 236 g/mol. The number of nitrogens with zero attached hydrogens (tertiary/aromatic N) is 1. The normalized spacial score (nSPS) is 33.7. The molecule has 0 amide bonds. The number of piperidine rings is 1. The fourth-order valence-corrected chi connectivity index (χ4v) is 3.38. The molecule has 1 aliphatic heterocycles. The molecule has 0 aromatic rings. The van der Waals surface area contributed by atoms with Crippen LogP contribution in [0.2, 0.25) is 0 Å². The van der Waals surface area contributed by atoms with Gasteiger partial charge in [0.15, 0.2) is 0 Å². The van der Waals surface area contributed by atoms with Crippen molar-refractivity contribution in [2.24, 2.45) is 5.41 Å². The minimum Gasteiger partial charge on any atom is -0.313 e. The van der Waals surface area contributed by atoms with Crippen LogP contribution >= 0.6 is 0 Å². The van der Waals surface area contributed by atoms with E-state index in [0.717, 1.165) is 18.1 Å². The molecule has 17 heavy (non-hydrogen) atoms. The summed E-state index contributed by atoms with van der Waals surface area (Å²) in [6, 6.07) is 2.50. The van der Waals surface area contributed by atoms with Gasteiger partial charge in [-0.2, -0.15) is 0 Å². The van der Waals surface area contributed by atoms with E-state index in [0.29, 0.717) is 5.41 Å². The Hall–Kier alpha value is -0.0800. The first-order valence-corrected chi connectivity index (χ1v) is 7.68. The fourth-order valence-electron chi connectivity index (χ4n) is 3.38. The zero-order valence-electron chi connectivity index (χ0n) is 11.5. The minimum atomic E-state index is 0.650. The third-order valence-corrected chi connectivity index (χ3v) is 5.40. The highest BCUT2D eigenvalue weighted by Gasteiger charge is 2.48. The Bertz CT molecular complexity index is 262. The van der Waals surface area contributed by atoms with E-state index in [1.165, 1.54) is 58.0 Å². The van der Waals surface area contributed by atoms with Crippen LogP contribution in [0, 0.1) is 5.41 Å². The molecule has 0 radical (unpaired) electrons. The lowest BCUT2D eigenvalue weighted by Gasteiger charge is -2.37. The highest BCUT2D eigenvalue weighted by atomic mass is 15.2. The quantitative estimate of drug-likeness (QED) is 0.789. The highest BCUT2D eigenvalue weighted by molar-refractivity contribution is 5.02. The summed E-state index contributed by atoms with van der Waals surface area (Å²) in [5, 5.41) is 3.72. The highest BCUT2D eigenvalue weighted by Crippen LogP contribution is 2.51. The number of rotatable bonds is 5. The molecule has 3 aliphatic rings. The van der Waals surface area contributed by atoms with Crippen LogP contribution in [0.15, 0.2) is 0 Å². The van der Waals surface area contributed by atoms with Gasteiger partial charge >= 0.3 is 0 Å². The van der Waals surface area contributed by atoms with E-state index < -0.39 is 0 Å². The first-order chi connectivity index (χ1) is 8.19. The zero-order valence-corrected chi connectivity index (χ0v) is 11.5. The Morgan fingerprint density at radius 2 is 2.00 bits per heavy atom. The lowest BCUT2D eigenvalue weighted by atomic mass is 9.97. The van der Waals surface area contributed by atoms with Crippen molar-refractivity contribution in [3.8, 4) is 0 Å². The van der Waals surface area contributed by atoms with Crippen molar-refractivity contribution in [3.05, 3.63) is 0 Å². The molecule has 1 saturated heterocycles. The lowest BCUT2D eigenvalue weighted by molar-refractivity contribution is 0.120. The van der Waals surface area contributed by atoms with Gasteiger partial charge in [0, 0.05) is 24.7 Å². The van der Waals surface area contributed by atoms with Crippen molar-refractivity contribution in [1.82, 2.24) is 10.2 Å². The predicted octanol–water partition coefficient (Wildman–Crippen LogP) is 2.78. The summed E-state index contributed by atoms with van der Waals surface area (Å²) in [6.07, 6.45) is 10.0. The fraction of sp³-hybridized carbons (Fsp3) is 1.00. The van der Waals surface area contributed by atoms with E-state index in [1.54, 1.807) is 0 Å². The van der Waals surface area contributed by atoms with E-state index in [-0.39, 0.29) is 0 Å². The maximum Gasteiger partial charge on any atom is 0.0195 e. The van der Waals surface area contributed by atoms with Crippen LogP contribution in [0.4, 0.5) is 0 Å². The Balaban J connectivity index is 1.59. The first kappa shape index (κ1) is 12.0. The van der Waals surface area contributed by atoms with Crippen LogP contribution in [-0.2, 0) is 0 Å². The van der Waals surface area contributed by atoms with E-state index in [2.05, 4.69) is 24.1 Å². The molecule has 2 aliphatic carbocycles. The van der Waals surface area contributed by atoms with Crippen molar-refractivity contribution < 1.29 is 0 Å². The van der Waals surface area contributed by atoms with Gasteiger partial charge in [-0.1, -0.05) is 13.3 Å². The molecular weight excluding hydrogens is 208 g/mol. The molecule has 0 aromatic heterocycles. The van der Waals surface area contributed by atoms with E-state index >= 15 is 0 Å². The molecule has 2 heteroatoms. The number of nitrogens with one attached hydrogen (secondary N) is 1. The molecule has 1 N–H and O–H groups in total. The second-order valence-corrected chi connectivity index (χ2v) is 6.90. The third-order valence-electron chi connectivity index (χ3n) is 5.40. The second-order valence-electron chi connectivity index (χ2n) is 6.90. The molecule has 3 fully saturated rings. The topological polar surface area (TPSA) is 15.3 Å². The Morgan fingerprint density at radius 3 is 2.53 bits per heavy atom. The molecule has 2 unspecified atom stereocenters. The third kappa shape index (κ3) is 2.68. The summed E-state index contributed by atoms with van der Waals surface area (Å²) in [7, 11) is 0. The zero-order chi connectivity index (χ0) is 11.9. The summed E-state index contributed by atoms with van der Waals surface area (Å²) in [4.78, 5) is 2.84. The van der Waals surface area contributed by atoms with Crippen LogP contribution in [0.25, 0.3) is 0 Å². The SMILES string of the molecule is CC(N(CC1CCCCN1)C1CC1)C1(C)CC1. The van der Waals surface area contributed by atoms with Gasteiger partial charge in [0.25, 0.3) is 0 Å². The molecule has 0 bridgehead atoms. The van der Waals surface area contributed by atoms with Gasteiger partial charge in [0.2, 0.25) is 0 Å². The van der Waals surface area contributed by atoms with E-state index in [9.17, 15) is 0 Å². The van der Waals surface area contributed by atoms with Gasteiger partial charge in [-0.3, -0.25) is 4.90 Å². The largest absolute Gasteiger partial charge is 0.313 e. The summed E-state index contributed by atoms with van der Waals surface area (Å²) in [5.74, 6) is 0. The van der Waals surface area contributed by atoms with Crippen molar-refractivity contribution in [1.29, 1.82) is 0 Å². The van der Waals surface area contributed by atoms with Gasteiger partial charge in [0.05, 0.1) is 0 Å². The number of hydrogen-bond donors (Lipinski definition) is 1. The van der Waals surface area contributed by atoms with Crippen LogP contribution in [0.3, 0.4) is 0 Å². The van der Waals surface area contributed by atoms with Crippen LogP contribution in [0.5, 0.6) is 0 Å². The van der Waals surface area contributed by atoms with E-state index in [4.69, 9.17) is 0 Å². The van der Waals surface area contributed by atoms with Crippen molar-refractivity contribution in [2.75, 3.05) is 13.1 Å². The number of hydrogen-bond acceptors (Lipinski definition) is 2. The van der Waals surface area contributed by atoms with Crippen LogP contribution in [0.1, 0.15) is 58.8 Å². The van der Waals surface area contributed by atoms with Crippen molar-refractivity contribution in [2.45, 2.75) is 76.9 Å². The first-order valence-electron chi connectivity index (χ1n) is 7.68. The Labute approximate surface area is 106 Å². The van der Waals surface area contributed by atoms with Crippen LogP contribution < -0.4 is 5.32 Å². The van der Waals surface area contributed by atoms with Crippen molar-refractivity contribution in [3.63, 3.8) is 0 Å². The van der Waals surface area contributed by atoms with Gasteiger partial charge < -0.3 is 5.32 Å². The average Bonchev–Trinajstić information content (AvgIpc) is 3.22. The smallest absolute Gasteiger partial charge is 0.0195 e. The van der Waals surface area contributed by atoms with E-state index in [1.807, 2.05) is 0 Å². The molecule has 98 valence electrons. The molecule has 2 nitrogen and oxygen atoms in total. The maximum absolute atomic E-state index is 3.72. The molecule has 0 spiro atoms. The maximum atomic E-state index is 3.72. The molecule has 0 aromatic carbocycles. The molecule has 2 saturated carbocycles.